The van der Waals surface area contributed by atoms with Crippen LogP contribution in [0.5, 0.6) is 5.75 Å². The second-order valence-corrected chi connectivity index (χ2v) is 15.1. The van der Waals surface area contributed by atoms with Gasteiger partial charge in [-0.1, -0.05) is 0 Å². The highest BCUT2D eigenvalue weighted by molar-refractivity contribution is 7.09. The summed E-state index contributed by atoms with van der Waals surface area (Å²) in [5.74, 6) is -0.615. The minimum atomic E-state index is -1.33. The normalized spacial score (nSPS) is 18.5. The largest absolute Gasteiger partial charge is 0.490 e. The first-order valence-electron chi connectivity index (χ1n) is 17.2. The van der Waals surface area contributed by atoms with Gasteiger partial charge in [0.1, 0.15) is 5.65 Å². The first kappa shape index (κ1) is 33.8. The minimum absolute atomic E-state index is 0.278. The second-order valence-electron chi connectivity index (χ2n) is 14.3. The molecule has 7 rings (SSSR count). The van der Waals surface area contributed by atoms with Gasteiger partial charge in [-0.25, -0.2) is 14.2 Å². The van der Waals surface area contributed by atoms with Crippen LogP contribution < -0.4 is 9.64 Å². The number of fused-ring (bicyclic) bond motifs is 2. The molecule has 0 bridgehead atoms. The highest BCUT2D eigenvalue weighted by atomic mass is 32.1. The number of piperazine rings is 1. The van der Waals surface area contributed by atoms with Crippen LogP contribution in [0, 0.1) is 19.7 Å². The maximum atomic E-state index is 15.8. The Hall–Kier alpha value is -3.65. The third-order valence-corrected chi connectivity index (χ3v) is 10.7. The van der Waals surface area contributed by atoms with Gasteiger partial charge in [0.15, 0.2) is 22.7 Å². The zero-order valence-electron chi connectivity index (χ0n) is 29.1. The highest BCUT2D eigenvalue weighted by Crippen LogP contribution is 2.45. The summed E-state index contributed by atoms with van der Waals surface area (Å²) in [6, 6.07) is 4.04. The van der Waals surface area contributed by atoms with Crippen molar-refractivity contribution in [3.63, 3.8) is 0 Å². The topological polar surface area (TPSA) is 115 Å². The van der Waals surface area contributed by atoms with Crippen molar-refractivity contribution >= 4 is 34.5 Å². The lowest BCUT2D eigenvalue weighted by Crippen LogP contribution is -2.51. The number of hydrogen-bond donors (Lipinski definition) is 1. The SMILES string of the molecule is Cc1nc2c(cc(-c3nc(N4CCN(C5CCOCC5)CC4)ns3)n2C)c(-c2cc(F)c3c(c2C)CCCO3)c1C(OC(C)(C)C)C(=O)O. The summed E-state index contributed by atoms with van der Waals surface area (Å²) in [6.07, 6.45) is 2.28. The molecule has 0 spiro atoms. The van der Waals surface area contributed by atoms with Gasteiger partial charge in [0.2, 0.25) is 5.95 Å². The minimum Gasteiger partial charge on any atom is -0.490 e. The van der Waals surface area contributed by atoms with Crippen molar-refractivity contribution in [1.29, 1.82) is 0 Å². The second kappa shape index (κ2) is 13.2. The fourth-order valence-corrected chi connectivity index (χ4v) is 8.30. The molecule has 1 N–H and O–H groups in total. The number of nitrogens with zero attached hydrogens (tertiary/aromatic N) is 6. The Morgan fingerprint density at radius 1 is 1.10 bits per heavy atom. The van der Waals surface area contributed by atoms with Crippen molar-refractivity contribution in [1.82, 2.24) is 23.8 Å². The van der Waals surface area contributed by atoms with Crippen molar-refractivity contribution in [3.05, 3.63) is 40.3 Å². The molecule has 3 aromatic heterocycles. The molecule has 1 aromatic carbocycles. The van der Waals surface area contributed by atoms with Gasteiger partial charge in [-0.05, 0) is 95.1 Å². The van der Waals surface area contributed by atoms with Gasteiger partial charge in [-0.15, -0.1) is 0 Å². The van der Waals surface area contributed by atoms with Gasteiger partial charge in [-0.3, -0.25) is 4.90 Å². The van der Waals surface area contributed by atoms with Crippen LogP contribution in [0.3, 0.4) is 0 Å². The molecule has 13 heteroatoms. The average molecular weight is 693 g/mol. The van der Waals surface area contributed by atoms with Gasteiger partial charge >= 0.3 is 5.97 Å². The molecule has 3 aliphatic heterocycles. The van der Waals surface area contributed by atoms with Gasteiger partial charge in [-0.2, -0.15) is 9.36 Å². The molecule has 11 nitrogen and oxygen atoms in total. The van der Waals surface area contributed by atoms with E-state index in [1.54, 1.807) is 6.92 Å². The van der Waals surface area contributed by atoms with E-state index in [1.807, 2.05) is 45.4 Å². The van der Waals surface area contributed by atoms with Gasteiger partial charge in [0.05, 0.1) is 17.9 Å². The number of benzene rings is 1. The number of carboxylic acid groups (broad SMARTS) is 1. The van der Waals surface area contributed by atoms with Crippen molar-refractivity contribution in [3.8, 4) is 27.6 Å². The molecular formula is C36H45FN6O5S. The predicted molar refractivity (Wildman–Crippen MR) is 187 cm³/mol. The Balaban J connectivity index is 1.33. The molecule has 1 unspecified atom stereocenters. The summed E-state index contributed by atoms with van der Waals surface area (Å²) in [4.78, 5) is 27.7. The summed E-state index contributed by atoms with van der Waals surface area (Å²) in [6.45, 7) is 15.0. The number of hydrogen-bond acceptors (Lipinski definition) is 10. The molecule has 3 aliphatic rings. The van der Waals surface area contributed by atoms with E-state index < -0.39 is 23.5 Å². The first-order valence-corrected chi connectivity index (χ1v) is 17.9. The number of carboxylic acids is 1. The number of aliphatic carboxylic acids is 1. The molecular weight excluding hydrogens is 647 g/mol. The van der Waals surface area contributed by atoms with Crippen LogP contribution in [0.15, 0.2) is 12.1 Å². The molecule has 2 saturated heterocycles. The van der Waals surface area contributed by atoms with E-state index >= 15 is 4.39 Å². The lowest BCUT2D eigenvalue weighted by Gasteiger charge is -2.40. The van der Waals surface area contributed by atoms with E-state index in [0.717, 1.165) is 80.5 Å². The number of halogens is 1. The van der Waals surface area contributed by atoms with Crippen LogP contribution in [-0.4, -0.2) is 92.5 Å². The molecule has 0 amide bonds. The van der Waals surface area contributed by atoms with Crippen molar-refractivity contribution in [2.45, 2.75) is 78.0 Å². The van der Waals surface area contributed by atoms with Gasteiger partial charge < -0.3 is 28.8 Å². The lowest BCUT2D eigenvalue weighted by molar-refractivity contribution is -0.160. The molecule has 2 fully saturated rings. The molecule has 0 aliphatic carbocycles. The molecule has 6 heterocycles. The molecule has 0 saturated carbocycles. The van der Waals surface area contributed by atoms with Crippen LogP contribution >= 0.6 is 11.5 Å². The standard InChI is InChI=1S/C36H45FN6O5S/c1-20-23-8-7-15-47-30(23)26(37)18-24(20)29-25-19-27(41(6)32(25)38-21(2)28(29)31(34(44)45)48-36(3,4)5)33-39-35(40-49-33)43-13-11-42(12-14-43)22-9-16-46-17-10-22/h18-19,22,31H,7-17H2,1-6H3,(H,44,45). The van der Waals surface area contributed by atoms with Gasteiger partial charge in [0, 0.05) is 80.3 Å². The lowest BCUT2D eigenvalue weighted by atomic mass is 9.86. The number of anilines is 1. The first-order chi connectivity index (χ1) is 23.4. The molecule has 49 heavy (non-hydrogen) atoms. The Kier molecular flexibility index (Phi) is 9.14. The number of pyridine rings is 1. The highest BCUT2D eigenvalue weighted by Gasteiger charge is 2.35. The quantitative estimate of drug-likeness (QED) is 0.244. The molecule has 4 aromatic rings. The summed E-state index contributed by atoms with van der Waals surface area (Å²) in [5, 5.41) is 12.0. The third-order valence-electron chi connectivity index (χ3n) is 10.0. The van der Waals surface area contributed by atoms with Crippen molar-refractivity contribution < 1.29 is 28.5 Å². The zero-order chi connectivity index (χ0) is 34.6. The fourth-order valence-electron chi connectivity index (χ4n) is 7.56. The smallest absolute Gasteiger partial charge is 0.337 e. The van der Waals surface area contributed by atoms with Crippen LogP contribution in [0.2, 0.25) is 0 Å². The molecule has 262 valence electrons. The van der Waals surface area contributed by atoms with Crippen LogP contribution in [0.1, 0.15) is 68.5 Å². The Morgan fingerprint density at radius 3 is 2.53 bits per heavy atom. The zero-order valence-corrected chi connectivity index (χ0v) is 30.0. The van der Waals surface area contributed by atoms with E-state index in [9.17, 15) is 9.90 Å². The predicted octanol–water partition coefficient (Wildman–Crippen LogP) is 6.08. The van der Waals surface area contributed by atoms with E-state index in [1.165, 1.54) is 17.6 Å². The number of ether oxygens (including phenoxy) is 3. The molecule has 1 atom stereocenters. The van der Waals surface area contributed by atoms with E-state index in [4.69, 9.17) is 28.6 Å². The monoisotopic (exact) mass is 692 g/mol. The molecule has 0 radical (unpaired) electrons. The summed E-state index contributed by atoms with van der Waals surface area (Å²) < 4.78 is 40.0. The number of aryl methyl sites for hydroxylation is 2. The fraction of sp³-hybridized carbons (Fsp3) is 0.556. The van der Waals surface area contributed by atoms with E-state index in [-0.39, 0.29) is 5.75 Å². The Morgan fingerprint density at radius 2 is 1.84 bits per heavy atom. The summed E-state index contributed by atoms with van der Waals surface area (Å²) >= 11 is 1.33. The maximum Gasteiger partial charge on any atom is 0.337 e. The summed E-state index contributed by atoms with van der Waals surface area (Å²) in [7, 11) is 1.93. The number of aromatic nitrogens is 4. The maximum absolute atomic E-state index is 15.8. The van der Waals surface area contributed by atoms with Crippen LogP contribution in [-0.2, 0) is 27.7 Å². The third kappa shape index (κ3) is 6.42. The van der Waals surface area contributed by atoms with E-state index in [2.05, 4.69) is 9.80 Å². The average Bonchev–Trinajstić information content (AvgIpc) is 3.70. The van der Waals surface area contributed by atoms with E-state index in [0.29, 0.717) is 58.4 Å². The Bertz CT molecular complexity index is 1890. The number of rotatable bonds is 7. The van der Waals surface area contributed by atoms with Crippen molar-refractivity contribution in [2.75, 3.05) is 50.9 Å². The Labute approximate surface area is 290 Å². The van der Waals surface area contributed by atoms with Crippen LogP contribution in [0.4, 0.5) is 10.3 Å². The summed E-state index contributed by atoms with van der Waals surface area (Å²) in [5.41, 5.74) is 4.44. The van der Waals surface area contributed by atoms with Gasteiger partial charge in [0.25, 0.3) is 0 Å². The van der Waals surface area contributed by atoms with Crippen LogP contribution in [0.25, 0.3) is 32.9 Å². The van der Waals surface area contributed by atoms with Crippen molar-refractivity contribution in [2.24, 2.45) is 7.05 Å². The number of carbonyl (C=O) groups is 1.